The van der Waals surface area contributed by atoms with E-state index in [4.69, 9.17) is 14.6 Å². The van der Waals surface area contributed by atoms with E-state index in [1.54, 1.807) is 0 Å². The van der Waals surface area contributed by atoms with Gasteiger partial charge in [-0.15, -0.1) is 0 Å². The highest BCUT2D eigenvalue weighted by Gasteiger charge is 2.22. The monoisotopic (exact) mass is 353 g/mol. The van der Waals surface area contributed by atoms with Gasteiger partial charge in [0, 0.05) is 18.1 Å². The van der Waals surface area contributed by atoms with Crippen LogP contribution >= 0.6 is 0 Å². The van der Waals surface area contributed by atoms with Crippen LogP contribution in [0.25, 0.3) is 11.3 Å². The van der Waals surface area contributed by atoms with Crippen molar-refractivity contribution in [1.29, 1.82) is 0 Å². The van der Waals surface area contributed by atoms with Crippen LogP contribution in [0.5, 0.6) is 11.6 Å². The third-order valence-electron chi connectivity index (χ3n) is 5.13. The zero-order valence-electron chi connectivity index (χ0n) is 14.7. The van der Waals surface area contributed by atoms with Crippen molar-refractivity contribution >= 4 is 5.97 Å². The smallest absolute Gasteiger partial charge is 0.303 e. The van der Waals surface area contributed by atoms with Crippen LogP contribution in [-0.4, -0.2) is 28.3 Å². The predicted octanol–water partition coefficient (Wildman–Crippen LogP) is 4.24. The second-order valence-corrected chi connectivity index (χ2v) is 7.07. The molecule has 0 spiro atoms. The first-order valence-electron chi connectivity index (χ1n) is 9.33. The highest BCUT2D eigenvalue weighted by molar-refractivity contribution is 5.66. The van der Waals surface area contributed by atoms with Crippen molar-refractivity contribution in [2.45, 2.75) is 57.2 Å². The van der Waals surface area contributed by atoms with Crippen molar-refractivity contribution in [2.75, 3.05) is 0 Å². The number of aromatic nitrogens is 1. The summed E-state index contributed by atoms with van der Waals surface area (Å²) in [5.74, 6) is 0.775. The first kappa shape index (κ1) is 16.9. The zero-order chi connectivity index (χ0) is 17.9. The minimum absolute atomic E-state index is 0.0122. The Morgan fingerprint density at radius 2 is 2.12 bits per heavy atom. The van der Waals surface area contributed by atoms with Crippen molar-refractivity contribution in [3.05, 3.63) is 42.0 Å². The number of pyridine rings is 1. The fourth-order valence-corrected chi connectivity index (χ4v) is 3.39. The van der Waals surface area contributed by atoms with Gasteiger partial charge >= 0.3 is 5.97 Å². The minimum Gasteiger partial charge on any atom is -0.490 e. The first-order valence-corrected chi connectivity index (χ1v) is 9.33. The molecule has 0 amide bonds. The molecule has 1 aromatic carbocycles. The van der Waals surface area contributed by atoms with Gasteiger partial charge in [-0.1, -0.05) is 6.07 Å². The molecule has 2 heterocycles. The highest BCUT2D eigenvalue weighted by atomic mass is 16.5. The van der Waals surface area contributed by atoms with Gasteiger partial charge in [0.2, 0.25) is 5.88 Å². The minimum atomic E-state index is -0.773. The summed E-state index contributed by atoms with van der Waals surface area (Å²) in [7, 11) is 0. The van der Waals surface area contributed by atoms with Crippen LogP contribution in [0.3, 0.4) is 0 Å². The molecule has 1 fully saturated rings. The van der Waals surface area contributed by atoms with E-state index in [0.717, 1.165) is 48.3 Å². The number of carboxylic acids is 1. The molecule has 0 bridgehead atoms. The van der Waals surface area contributed by atoms with Crippen molar-refractivity contribution in [2.24, 2.45) is 0 Å². The molecule has 1 aliphatic carbocycles. The summed E-state index contributed by atoms with van der Waals surface area (Å²) >= 11 is 0. The number of aliphatic carboxylic acids is 1. The Morgan fingerprint density at radius 3 is 2.88 bits per heavy atom. The predicted molar refractivity (Wildman–Crippen MR) is 97.5 cm³/mol. The summed E-state index contributed by atoms with van der Waals surface area (Å²) in [6.07, 6.45) is 6.22. The van der Waals surface area contributed by atoms with Crippen LogP contribution in [0, 0.1) is 0 Å². The van der Waals surface area contributed by atoms with Crippen LogP contribution in [0.2, 0.25) is 0 Å². The van der Waals surface area contributed by atoms with E-state index in [1.165, 1.54) is 6.42 Å². The van der Waals surface area contributed by atoms with Gasteiger partial charge in [0.15, 0.2) is 0 Å². The van der Waals surface area contributed by atoms with Crippen LogP contribution in [0.15, 0.2) is 36.4 Å². The molecule has 0 saturated heterocycles. The molecule has 1 aliphatic heterocycles. The van der Waals surface area contributed by atoms with Crippen LogP contribution in [0.4, 0.5) is 0 Å². The second kappa shape index (κ2) is 7.36. The van der Waals surface area contributed by atoms with Crippen molar-refractivity contribution in [3.63, 3.8) is 0 Å². The number of nitrogens with zero attached hydrogens (tertiary/aromatic N) is 1. The highest BCUT2D eigenvalue weighted by Crippen LogP contribution is 2.33. The number of carboxylic acid groups (broad SMARTS) is 1. The summed E-state index contributed by atoms with van der Waals surface area (Å²) in [6, 6.07) is 12.0. The number of benzene rings is 1. The second-order valence-electron chi connectivity index (χ2n) is 7.07. The Bertz CT molecular complexity index is 800. The normalized spacial score (nSPS) is 19.2. The third kappa shape index (κ3) is 3.82. The number of rotatable bonds is 6. The van der Waals surface area contributed by atoms with E-state index in [-0.39, 0.29) is 12.5 Å². The molecule has 1 saturated carbocycles. The molecule has 1 atom stereocenters. The van der Waals surface area contributed by atoms with Gasteiger partial charge in [-0.05, 0) is 68.4 Å². The van der Waals surface area contributed by atoms with Crippen LogP contribution in [0.1, 0.15) is 44.1 Å². The van der Waals surface area contributed by atoms with E-state index < -0.39 is 5.97 Å². The number of fused-ring (bicyclic) bond motifs is 1. The van der Waals surface area contributed by atoms with E-state index in [9.17, 15) is 4.79 Å². The Kier molecular flexibility index (Phi) is 4.78. The van der Waals surface area contributed by atoms with Crippen LogP contribution < -0.4 is 9.47 Å². The largest absolute Gasteiger partial charge is 0.490 e. The Labute approximate surface area is 153 Å². The summed E-state index contributed by atoms with van der Waals surface area (Å²) in [6.45, 7) is 0. The molecule has 2 aliphatic rings. The Morgan fingerprint density at radius 1 is 1.23 bits per heavy atom. The number of hydrogen-bond donors (Lipinski definition) is 1. The molecule has 2 aromatic rings. The fraction of sp³-hybridized carbons (Fsp3) is 0.429. The maximum Gasteiger partial charge on any atom is 0.303 e. The molecule has 26 heavy (non-hydrogen) atoms. The van der Waals surface area contributed by atoms with Gasteiger partial charge in [-0.3, -0.25) is 4.79 Å². The maximum atomic E-state index is 10.7. The molecule has 0 radical (unpaired) electrons. The average Bonchev–Trinajstić information content (AvgIpc) is 2.63. The molecule has 1 unspecified atom stereocenters. The first-order chi connectivity index (χ1) is 12.7. The van der Waals surface area contributed by atoms with Gasteiger partial charge < -0.3 is 14.6 Å². The lowest BCUT2D eigenvalue weighted by molar-refractivity contribution is -0.137. The number of aryl methyl sites for hydroxylation is 1. The summed E-state index contributed by atoms with van der Waals surface area (Å²) < 4.78 is 11.9. The molecular formula is C21H23NO4. The van der Waals surface area contributed by atoms with Gasteiger partial charge in [-0.25, -0.2) is 4.98 Å². The van der Waals surface area contributed by atoms with Crippen LogP contribution in [-0.2, 0) is 11.2 Å². The van der Waals surface area contributed by atoms with Gasteiger partial charge in [0.05, 0.1) is 11.8 Å². The van der Waals surface area contributed by atoms with E-state index in [0.29, 0.717) is 18.4 Å². The van der Waals surface area contributed by atoms with E-state index in [1.807, 2.05) is 30.3 Å². The molecule has 1 N–H and O–H groups in total. The average molecular weight is 353 g/mol. The summed E-state index contributed by atoms with van der Waals surface area (Å²) in [5.41, 5.74) is 3.11. The van der Waals surface area contributed by atoms with Crippen molar-refractivity contribution in [3.8, 4) is 22.9 Å². The molecule has 5 nitrogen and oxygen atoms in total. The standard InChI is InChI=1S/C21H23NO4/c23-21(24)12-10-17-9-7-15-13-14(8-11-19(15)25-17)18-5-2-6-20(22-18)26-16-3-1-4-16/h2,5-6,8,11,13,16-17H,1,3-4,7,9-10,12H2,(H,23,24). The summed E-state index contributed by atoms with van der Waals surface area (Å²) in [4.78, 5) is 15.4. The lowest BCUT2D eigenvalue weighted by Gasteiger charge is -2.26. The topological polar surface area (TPSA) is 68.7 Å². The Balaban J connectivity index is 1.47. The Hall–Kier alpha value is -2.56. The van der Waals surface area contributed by atoms with Crippen molar-refractivity contribution < 1.29 is 19.4 Å². The number of ether oxygens (including phenoxy) is 2. The maximum absolute atomic E-state index is 10.7. The molecule has 136 valence electrons. The molecular weight excluding hydrogens is 330 g/mol. The number of hydrogen-bond acceptors (Lipinski definition) is 4. The SMILES string of the molecule is O=C(O)CCC1CCc2cc(-c3cccc(OC4CCC4)n3)ccc2O1. The summed E-state index contributed by atoms with van der Waals surface area (Å²) in [5, 5.41) is 8.83. The lowest BCUT2D eigenvalue weighted by Crippen LogP contribution is -2.25. The molecule has 5 heteroatoms. The fourth-order valence-electron chi connectivity index (χ4n) is 3.39. The van der Waals surface area contributed by atoms with E-state index >= 15 is 0 Å². The van der Waals surface area contributed by atoms with E-state index in [2.05, 4.69) is 11.1 Å². The zero-order valence-corrected chi connectivity index (χ0v) is 14.7. The van der Waals surface area contributed by atoms with Crippen molar-refractivity contribution in [1.82, 2.24) is 4.98 Å². The van der Waals surface area contributed by atoms with Gasteiger partial charge in [0.25, 0.3) is 0 Å². The molecule has 4 rings (SSSR count). The molecule has 1 aromatic heterocycles. The lowest BCUT2D eigenvalue weighted by atomic mass is 9.96. The van der Waals surface area contributed by atoms with Gasteiger partial charge in [-0.2, -0.15) is 0 Å². The van der Waals surface area contributed by atoms with Gasteiger partial charge in [0.1, 0.15) is 11.9 Å². The quantitative estimate of drug-likeness (QED) is 0.841. The number of carbonyl (C=O) groups is 1. The third-order valence-corrected chi connectivity index (χ3v) is 5.13.